The molecule has 26 heavy (non-hydrogen) atoms. The maximum atomic E-state index is 12.6. The van der Waals surface area contributed by atoms with Crippen molar-refractivity contribution < 1.29 is 19.1 Å². The maximum absolute atomic E-state index is 12.6. The van der Waals surface area contributed by atoms with E-state index in [1.54, 1.807) is 6.92 Å². The largest absolute Gasteiger partial charge is 0.494 e. The Morgan fingerprint density at radius 2 is 1.50 bits per heavy atom. The molecule has 1 fully saturated rings. The number of urea groups is 1. The van der Waals surface area contributed by atoms with Gasteiger partial charge in [0, 0.05) is 6.54 Å². The van der Waals surface area contributed by atoms with Crippen LogP contribution in [0.2, 0.25) is 0 Å². The molecule has 6 nitrogen and oxygen atoms in total. The average molecular weight is 352 g/mol. The summed E-state index contributed by atoms with van der Waals surface area (Å²) in [5.41, 5.74) is 0.802. The summed E-state index contributed by atoms with van der Waals surface area (Å²) in [5.74, 6) is -0.838. The van der Waals surface area contributed by atoms with Gasteiger partial charge in [0.05, 0.1) is 12.6 Å². The third kappa shape index (κ3) is 3.59. The molecule has 134 valence electrons. The van der Waals surface area contributed by atoms with Crippen LogP contribution in [0.25, 0.3) is 0 Å². The Bertz CT molecular complexity index is 792. The highest BCUT2D eigenvalue weighted by Crippen LogP contribution is 2.26. The average Bonchev–Trinajstić information content (AvgIpc) is 2.89. The molecule has 2 aromatic carbocycles. The van der Waals surface area contributed by atoms with Crippen LogP contribution in [0.4, 0.5) is 4.79 Å². The summed E-state index contributed by atoms with van der Waals surface area (Å²) in [4.78, 5) is 39.1. The number of carbonyl (C=O) groups excluding carboxylic acids is 3. The Hall–Kier alpha value is -3.15. The maximum Gasteiger partial charge on any atom is 0.334 e. The monoisotopic (exact) mass is 352 g/mol. The summed E-state index contributed by atoms with van der Waals surface area (Å²) in [6.07, 6.45) is 0.452. The molecule has 0 spiro atoms. The van der Waals surface area contributed by atoms with Crippen molar-refractivity contribution in [3.05, 3.63) is 66.2 Å². The van der Waals surface area contributed by atoms with Crippen molar-refractivity contribution in [1.82, 2.24) is 9.80 Å². The summed E-state index contributed by atoms with van der Waals surface area (Å²) in [6, 6.07) is 17.4. The molecule has 1 aliphatic rings. The number of amides is 4. The van der Waals surface area contributed by atoms with Gasteiger partial charge in [-0.1, -0.05) is 48.5 Å². The molecule has 1 heterocycles. The van der Waals surface area contributed by atoms with Crippen LogP contribution >= 0.6 is 0 Å². The third-order valence-electron chi connectivity index (χ3n) is 4.29. The summed E-state index contributed by atoms with van der Waals surface area (Å²) >= 11 is 0. The van der Waals surface area contributed by atoms with Crippen LogP contribution in [0.3, 0.4) is 0 Å². The first-order valence-electron chi connectivity index (χ1n) is 8.51. The molecule has 0 unspecified atom stereocenters. The highest BCUT2D eigenvalue weighted by molar-refractivity contribution is 6.44. The molecule has 4 amide bonds. The van der Waals surface area contributed by atoms with Crippen molar-refractivity contribution >= 4 is 17.8 Å². The summed E-state index contributed by atoms with van der Waals surface area (Å²) < 4.78 is 5.56. The molecule has 0 bridgehead atoms. The van der Waals surface area contributed by atoms with E-state index in [1.807, 2.05) is 60.7 Å². The number of hydrogen-bond donors (Lipinski definition) is 0. The van der Waals surface area contributed by atoms with E-state index in [2.05, 4.69) is 0 Å². The van der Waals surface area contributed by atoms with Gasteiger partial charge in [-0.25, -0.2) is 9.69 Å². The minimum Gasteiger partial charge on any atom is -0.494 e. The van der Waals surface area contributed by atoms with E-state index in [0.717, 1.165) is 21.1 Å². The molecule has 6 heteroatoms. The van der Waals surface area contributed by atoms with Crippen LogP contribution in [-0.2, 0) is 9.59 Å². The van der Waals surface area contributed by atoms with E-state index >= 15 is 0 Å². The number of ether oxygens (including phenoxy) is 1. The first kappa shape index (κ1) is 17.7. The minimum atomic E-state index is -0.782. The van der Waals surface area contributed by atoms with Crippen LogP contribution in [0.5, 0.6) is 5.75 Å². The molecule has 1 aliphatic heterocycles. The fraction of sp³-hybridized carbons (Fsp3) is 0.250. The van der Waals surface area contributed by atoms with Crippen molar-refractivity contribution in [2.75, 3.05) is 13.2 Å². The molecular formula is C20H20N2O4. The van der Waals surface area contributed by atoms with Gasteiger partial charge in [0.25, 0.3) is 0 Å². The van der Waals surface area contributed by atoms with Gasteiger partial charge in [0.2, 0.25) is 0 Å². The minimum absolute atomic E-state index is 0.147. The summed E-state index contributed by atoms with van der Waals surface area (Å²) in [5, 5.41) is 0. The number of rotatable bonds is 7. The second-order valence-electron chi connectivity index (χ2n) is 6.02. The van der Waals surface area contributed by atoms with Crippen LogP contribution in [0.15, 0.2) is 60.7 Å². The first-order chi connectivity index (χ1) is 12.6. The molecule has 0 aromatic heterocycles. The molecule has 1 saturated heterocycles. The number of carbonyl (C=O) groups is 3. The molecular weight excluding hydrogens is 332 g/mol. The van der Waals surface area contributed by atoms with Gasteiger partial charge < -0.3 is 4.74 Å². The molecule has 0 saturated carbocycles. The number of hydrogen-bond acceptors (Lipinski definition) is 4. The number of para-hydroxylation sites is 1. The second kappa shape index (κ2) is 7.82. The van der Waals surface area contributed by atoms with Crippen LogP contribution in [-0.4, -0.2) is 40.8 Å². The number of benzene rings is 2. The van der Waals surface area contributed by atoms with E-state index < -0.39 is 23.9 Å². The zero-order chi connectivity index (χ0) is 18.5. The van der Waals surface area contributed by atoms with Gasteiger partial charge in [-0.15, -0.1) is 0 Å². The molecule has 1 atom stereocenters. The molecule has 0 N–H and O–H groups in total. The van der Waals surface area contributed by atoms with Crippen molar-refractivity contribution in [1.29, 1.82) is 0 Å². The Kier molecular flexibility index (Phi) is 5.31. The smallest absolute Gasteiger partial charge is 0.334 e. The van der Waals surface area contributed by atoms with E-state index in [1.165, 1.54) is 0 Å². The van der Waals surface area contributed by atoms with Crippen molar-refractivity contribution in [3.8, 4) is 5.75 Å². The highest BCUT2D eigenvalue weighted by Gasteiger charge is 2.46. The van der Waals surface area contributed by atoms with Gasteiger partial charge in [-0.2, -0.15) is 0 Å². The fourth-order valence-corrected chi connectivity index (χ4v) is 2.87. The van der Waals surface area contributed by atoms with E-state index in [-0.39, 0.29) is 6.54 Å². The van der Waals surface area contributed by atoms with Gasteiger partial charge in [0.15, 0.2) is 0 Å². The Balaban J connectivity index is 1.59. The van der Waals surface area contributed by atoms with Crippen molar-refractivity contribution in [2.24, 2.45) is 0 Å². The molecule has 3 rings (SSSR count). The van der Waals surface area contributed by atoms with Gasteiger partial charge in [0.1, 0.15) is 5.75 Å². The summed E-state index contributed by atoms with van der Waals surface area (Å²) in [7, 11) is 0. The van der Waals surface area contributed by atoms with Gasteiger partial charge >= 0.3 is 17.8 Å². The van der Waals surface area contributed by atoms with Gasteiger partial charge in [-0.05, 0) is 31.0 Å². The lowest BCUT2D eigenvalue weighted by atomic mass is 10.1. The normalized spacial score (nSPS) is 15.5. The zero-order valence-corrected chi connectivity index (χ0v) is 14.5. The molecule has 0 aliphatic carbocycles. The fourth-order valence-electron chi connectivity index (χ4n) is 2.87. The van der Waals surface area contributed by atoms with Crippen LogP contribution in [0.1, 0.15) is 24.9 Å². The molecule has 0 radical (unpaired) electrons. The van der Waals surface area contributed by atoms with E-state index in [0.29, 0.717) is 13.0 Å². The standard InChI is InChI=1S/C20H20N2O4/c1-15(16-9-4-2-5-10-16)22-19(24)18(23)21(20(22)25)13-8-14-26-17-11-6-3-7-12-17/h2-7,9-12,15H,8,13-14H2,1H3/t15-/m0/s1. The lowest BCUT2D eigenvalue weighted by Crippen LogP contribution is -2.36. The first-order valence-corrected chi connectivity index (χ1v) is 8.51. The van der Waals surface area contributed by atoms with E-state index in [4.69, 9.17) is 4.74 Å². The highest BCUT2D eigenvalue weighted by atomic mass is 16.5. The van der Waals surface area contributed by atoms with Crippen molar-refractivity contribution in [2.45, 2.75) is 19.4 Å². The van der Waals surface area contributed by atoms with Crippen LogP contribution in [0, 0.1) is 0 Å². The number of imide groups is 2. The van der Waals surface area contributed by atoms with Gasteiger partial charge in [-0.3, -0.25) is 14.5 Å². The van der Waals surface area contributed by atoms with Crippen molar-refractivity contribution in [3.63, 3.8) is 0 Å². The third-order valence-corrected chi connectivity index (χ3v) is 4.29. The Labute approximate surface area is 152 Å². The predicted octanol–water partition coefficient (Wildman–Crippen LogP) is 3.01. The summed E-state index contributed by atoms with van der Waals surface area (Å²) in [6.45, 7) is 2.23. The second-order valence-corrected chi connectivity index (χ2v) is 6.02. The SMILES string of the molecule is C[C@@H](c1ccccc1)N1C(=O)C(=O)N(CCCOc2ccccc2)C1=O. The number of nitrogens with zero attached hydrogens (tertiary/aromatic N) is 2. The predicted molar refractivity (Wildman–Crippen MR) is 95.4 cm³/mol. The van der Waals surface area contributed by atoms with Crippen LogP contribution < -0.4 is 4.74 Å². The topological polar surface area (TPSA) is 66.9 Å². The molecule has 2 aromatic rings. The Morgan fingerprint density at radius 3 is 2.15 bits per heavy atom. The zero-order valence-electron chi connectivity index (χ0n) is 14.5. The Morgan fingerprint density at radius 1 is 0.885 bits per heavy atom. The quantitative estimate of drug-likeness (QED) is 0.436. The lowest BCUT2D eigenvalue weighted by molar-refractivity contribution is -0.144. The lowest BCUT2D eigenvalue weighted by Gasteiger charge is -2.22. The van der Waals surface area contributed by atoms with E-state index in [9.17, 15) is 14.4 Å².